The van der Waals surface area contributed by atoms with Gasteiger partial charge in [0.05, 0.1) is 13.2 Å². The van der Waals surface area contributed by atoms with Crippen LogP contribution >= 0.6 is 23.5 Å². The number of nitrogens with two attached hydrogens (primary N) is 1. The smallest absolute Gasteiger partial charge is 0.408 e. The van der Waals surface area contributed by atoms with E-state index in [1.165, 1.54) is 0 Å². The minimum atomic E-state index is -1.24. The van der Waals surface area contributed by atoms with Crippen molar-refractivity contribution in [3.05, 3.63) is 0 Å². The van der Waals surface area contributed by atoms with E-state index in [9.17, 15) is 14.4 Å². The molecule has 0 bridgehead atoms. The van der Waals surface area contributed by atoms with Gasteiger partial charge in [-0.2, -0.15) is 23.5 Å². The Morgan fingerprint density at radius 3 is 1.65 bits per heavy atom. The third-order valence-corrected chi connectivity index (χ3v) is 9.41. The maximum atomic E-state index is 12.1. The van der Waals surface area contributed by atoms with Crippen molar-refractivity contribution in [2.24, 2.45) is 5.73 Å². The largest absolute Gasteiger partial charge is 0.465 e. The van der Waals surface area contributed by atoms with E-state index >= 15 is 0 Å². The fraction of sp³-hybridized carbons (Fsp3) is 0.880. The molecule has 0 spiro atoms. The highest BCUT2D eigenvalue weighted by molar-refractivity contribution is 7.98. The average molecular weight is 599 g/mol. The fourth-order valence-corrected chi connectivity index (χ4v) is 4.81. The first-order valence-corrected chi connectivity index (χ1v) is 23.1. The van der Waals surface area contributed by atoms with E-state index in [-0.39, 0.29) is 11.9 Å². The van der Waals surface area contributed by atoms with Gasteiger partial charge in [-0.25, -0.2) is 9.59 Å². The Balaban J connectivity index is 0. The highest BCUT2D eigenvalue weighted by Gasteiger charge is 2.26. The van der Waals surface area contributed by atoms with Crippen LogP contribution in [0.1, 0.15) is 33.6 Å². The second-order valence-corrected chi connectivity index (χ2v) is 25.5. The Labute approximate surface area is 236 Å². The van der Waals surface area contributed by atoms with Gasteiger partial charge in [-0.15, -0.1) is 0 Å². The summed E-state index contributed by atoms with van der Waals surface area (Å²) in [5.41, 5.74) is 5.09. The molecule has 0 aromatic heterocycles. The van der Waals surface area contributed by atoms with Gasteiger partial charge in [-0.05, 0) is 69.7 Å². The van der Waals surface area contributed by atoms with Crippen LogP contribution < -0.4 is 11.1 Å². The normalized spacial score (nSPS) is 13.5. The Hall–Kier alpha value is -0.696. The summed E-state index contributed by atoms with van der Waals surface area (Å²) in [4.78, 5) is 35.4. The molecular formula is C25H54N2O6S2Si2. The zero-order valence-corrected chi connectivity index (χ0v) is 28.8. The predicted octanol–water partition coefficient (Wildman–Crippen LogP) is 5.46. The summed E-state index contributed by atoms with van der Waals surface area (Å²) in [5, 5.41) is 2.62. The van der Waals surface area contributed by atoms with Crippen LogP contribution in [-0.2, 0) is 23.8 Å². The number of amides is 1. The number of carbonyl (C=O) groups excluding carboxylic acids is 3. The van der Waals surface area contributed by atoms with Crippen LogP contribution in [0.5, 0.6) is 0 Å². The second-order valence-electron chi connectivity index (χ2n) is 12.3. The first-order chi connectivity index (χ1) is 16.8. The van der Waals surface area contributed by atoms with Gasteiger partial charge in [0, 0.05) is 16.1 Å². The van der Waals surface area contributed by atoms with Gasteiger partial charge in [-0.3, -0.25) is 4.79 Å². The molecule has 2 unspecified atom stereocenters. The Kier molecular flexibility index (Phi) is 20.1. The molecule has 220 valence electrons. The quantitative estimate of drug-likeness (QED) is 0.144. The van der Waals surface area contributed by atoms with Gasteiger partial charge in [0.2, 0.25) is 0 Å². The lowest BCUT2D eigenvalue weighted by Gasteiger charge is -2.23. The molecule has 0 aliphatic rings. The zero-order valence-electron chi connectivity index (χ0n) is 25.2. The van der Waals surface area contributed by atoms with E-state index in [2.05, 4.69) is 44.6 Å². The first-order valence-electron chi connectivity index (χ1n) is 12.9. The number of hydrogen-bond donors (Lipinski definition) is 2. The number of alkyl carbamates (subject to hydrolysis) is 1. The second kappa shape index (κ2) is 19.4. The number of carbonyl (C=O) groups is 3. The number of thioether (sulfide) groups is 2. The standard InChI is InChI=1S/C15H31NO4SSi.C10H23NO2SSi/c1-15(2,3)20-14(18)16-12(8-10-21-4)13(17)19-9-11-22(5,6)7;1-14-7-5-9(11)10(12)13-6-8-15(2,3)4/h12H,8-11H2,1-7H3,(H,16,18);9H,5-8,11H2,1-4H3. The molecule has 0 aliphatic heterocycles. The van der Waals surface area contributed by atoms with Crippen molar-refractivity contribution in [2.75, 3.05) is 37.2 Å². The van der Waals surface area contributed by atoms with E-state index in [1.807, 2.05) is 12.5 Å². The van der Waals surface area contributed by atoms with Gasteiger partial charge in [0.15, 0.2) is 0 Å². The lowest BCUT2D eigenvalue weighted by Crippen LogP contribution is -2.44. The maximum absolute atomic E-state index is 12.1. The molecule has 3 N–H and O–H groups in total. The summed E-state index contributed by atoms with van der Waals surface area (Å²) in [6.07, 6.45) is 4.62. The van der Waals surface area contributed by atoms with E-state index in [0.717, 1.165) is 23.6 Å². The molecule has 1 amide bonds. The number of hydrogen-bond acceptors (Lipinski definition) is 9. The molecule has 0 saturated carbocycles. The van der Waals surface area contributed by atoms with E-state index in [0.29, 0.717) is 26.1 Å². The fourth-order valence-electron chi connectivity index (χ4n) is 2.42. The van der Waals surface area contributed by atoms with Crippen molar-refractivity contribution in [1.29, 1.82) is 0 Å². The van der Waals surface area contributed by atoms with Gasteiger partial charge in [0.1, 0.15) is 17.7 Å². The van der Waals surface area contributed by atoms with Crippen molar-refractivity contribution < 1.29 is 28.6 Å². The summed E-state index contributed by atoms with van der Waals surface area (Å²) in [6.45, 7) is 19.8. The van der Waals surface area contributed by atoms with Crippen LogP contribution in [0.4, 0.5) is 4.79 Å². The van der Waals surface area contributed by atoms with Gasteiger partial charge in [0.25, 0.3) is 0 Å². The minimum absolute atomic E-state index is 0.248. The summed E-state index contributed by atoms with van der Waals surface area (Å²) in [6, 6.07) is 0.831. The number of esters is 2. The third-order valence-electron chi connectivity index (χ3n) is 4.71. The van der Waals surface area contributed by atoms with Crippen molar-refractivity contribution in [1.82, 2.24) is 5.32 Å². The van der Waals surface area contributed by atoms with Crippen LogP contribution in [0.2, 0.25) is 51.4 Å². The highest BCUT2D eigenvalue weighted by atomic mass is 32.2. The minimum Gasteiger partial charge on any atom is -0.465 e. The zero-order chi connectivity index (χ0) is 29.3. The third kappa shape index (κ3) is 26.7. The molecular weight excluding hydrogens is 545 g/mol. The van der Waals surface area contributed by atoms with Crippen LogP contribution in [-0.4, -0.2) is 89.1 Å². The van der Waals surface area contributed by atoms with E-state index < -0.39 is 39.9 Å². The molecule has 0 saturated heterocycles. The molecule has 0 aromatic rings. The first kappa shape index (κ1) is 38.5. The summed E-state index contributed by atoms with van der Waals surface area (Å²) < 4.78 is 15.7. The Bertz CT molecular complexity index is 665. The van der Waals surface area contributed by atoms with Gasteiger partial charge >= 0.3 is 18.0 Å². The molecule has 2 atom stereocenters. The van der Waals surface area contributed by atoms with Crippen LogP contribution in [0.3, 0.4) is 0 Å². The molecule has 0 aliphatic carbocycles. The molecule has 12 heteroatoms. The Morgan fingerprint density at radius 1 is 0.811 bits per heavy atom. The summed E-state index contributed by atoms with van der Waals surface area (Å²) >= 11 is 3.32. The number of nitrogens with one attached hydrogen (secondary N) is 1. The molecule has 0 fully saturated rings. The highest BCUT2D eigenvalue weighted by Crippen LogP contribution is 2.11. The molecule has 0 rings (SSSR count). The summed E-state index contributed by atoms with van der Waals surface area (Å²) in [5.74, 6) is 1.05. The maximum Gasteiger partial charge on any atom is 0.408 e. The van der Waals surface area contributed by atoms with Gasteiger partial charge < -0.3 is 25.3 Å². The molecule has 8 nitrogen and oxygen atoms in total. The van der Waals surface area contributed by atoms with Crippen LogP contribution in [0.25, 0.3) is 0 Å². The predicted molar refractivity (Wildman–Crippen MR) is 165 cm³/mol. The number of ether oxygens (including phenoxy) is 3. The van der Waals surface area contributed by atoms with Crippen molar-refractivity contribution in [3.63, 3.8) is 0 Å². The molecule has 0 aromatic carbocycles. The topological polar surface area (TPSA) is 117 Å². The van der Waals surface area contributed by atoms with Crippen molar-refractivity contribution >= 4 is 57.7 Å². The molecule has 0 radical (unpaired) electrons. The van der Waals surface area contributed by atoms with Gasteiger partial charge in [-0.1, -0.05) is 39.3 Å². The van der Waals surface area contributed by atoms with Crippen LogP contribution in [0.15, 0.2) is 0 Å². The summed E-state index contributed by atoms with van der Waals surface area (Å²) in [7, 11) is -2.35. The molecule has 37 heavy (non-hydrogen) atoms. The lowest BCUT2D eigenvalue weighted by molar-refractivity contribution is -0.146. The monoisotopic (exact) mass is 598 g/mol. The molecule has 0 heterocycles. The van der Waals surface area contributed by atoms with Crippen molar-refractivity contribution in [3.8, 4) is 0 Å². The average Bonchev–Trinajstić information content (AvgIpc) is 2.72. The lowest BCUT2D eigenvalue weighted by atomic mass is 10.2. The van der Waals surface area contributed by atoms with E-state index in [4.69, 9.17) is 19.9 Å². The van der Waals surface area contributed by atoms with E-state index in [1.54, 1.807) is 44.3 Å². The van der Waals surface area contributed by atoms with Crippen molar-refractivity contribution in [2.45, 2.75) is 103 Å². The number of rotatable bonds is 15. The SMILES string of the molecule is CSCCC(N)C(=O)OCC[Si](C)(C)C.CSCCC(NC(=O)OC(C)(C)C)C(=O)OCC[Si](C)(C)C. The Morgan fingerprint density at radius 2 is 1.24 bits per heavy atom. The van der Waals surface area contributed by atoms with Crippen LogP contribution in [0, 0.1) is 0 Å².